The van der Waals surface area contributed by atoms with Crippen LogP contribution in [0.2, 0.25) is 0 Å². The van der Waals surface area contributed by atoms with E-state index >= 15 is 0 Å². The third-order valence-electron chi connectivity index (χ3n) is 7.54. The Bertz CT molecular complexity index is 1540. The molecule has 6 rings (SSSR count). The number of aromatic nitrogens is 5. The Kier molecular flexibility index (Phi) is 8.44. The molecule has 0 radical (unpaired) electrons. The van der Waals surface area contributed by atoms with Crippen LogP contribution in [-0.4, -0.2) is 91.7 Å². The minimum absolute atomic E-state index is 0.391. The molecule has 0 spiro atoms. The Balaban J connectivity index is 1.10. The van der Waals surface area contributed by atoms with Crippen molar-refractivity contribution in [3.8, 4) is 22.9 Å². The van der Waals surface area contributed by atoms with Gasteiger partial charge in [-0.25, -0.2) is 15.0 Å². The van der Waals surface area contributed by atoms with Crippen LogP contribution in [0.5, 0.6) is 11.6 Å². The Morgan fingerprint density at radius 2 is 1.88 bits per heavy atom. The number of nitrogens with zero attached hydrogens (tertiary/aromatic N) is 6. The number of hydrogen-bond acceptors (Lipinski definition) is 11. The van der Waals surface area contributed by atoms with Gasteiger partial charge in [0.2, 0.25) is 18.1 Å². The predicted octanol–water partition coefficient (Wildman–Crippen LogP) is 4.16. The van der Waals surface area contributed by atoms with E-state index in [2.05, 4.69) is 30.2 Å². The van der Waals surface area contributed by atoms with Gasteiger partial charge >= 0.3 is 0 Å². The zero-order chi connectivity index (χ0) is 30.0. The van der Waals surface area contributed by atoms with Gasteiger partial charge in [-0.2, -0.15) is 4.98 Å². The van der Waals surface area contributed by atoms with Crippen LogP contribution in [0.25, 0.3) is 22.3 Å². The molecule has 3 N–H and O–H groups in total. The number of rotatable bonds is 11. The zero-order valence-corrected chi connectivity index (χ0v) is 25.2. The van der Waals surface area contributed by atoms with E-state index in [9.17, 15) is 5.11 Å². The molecule has 1 aliphatic carbocycles. The molecule has 43 heavy (non-hydrogen) atoms. The first-order valence-electron chi connectivity index (χ1n) is 14.8. The minimum Gasteiger partial charge on any atom is -0.490 e. The number of pyridine rings is 1. The molecule has 0 amide bonds. The van der Waals surface area contributed by atoms with Crippen molar-refractivity contribution in [1.29, 1.82) is 0 Å². The summed E-state index contributed by atoms with van der Waals surface area (Å²) in [5, 5.41) is 13.7. The van der Waals surface area contributed by atoms with Crippen molar-refractivity contribution in [2.45, 2.75) is 52.2 Å². The van der Waals surface area contributed by atoms with Gasteiger partial charge in [0.15, 0.2) is 0 Å². The van der Waals surface area contributed by atoms with Crippen LogP contribution >= 0.6 is 0 Å². The predicted molar refractivity (Wildman–Crippen MR) is 163 cm³/mol. The number of aliphatic hydroxyl groups is 1. The molecule has 12 nitrogen and oxygen atoms in total. The molecule has 1 aromatic carbocycles. The molecular formula is C31H40N8O4. The van der Waals surface area contributed by atoms with Crippen molar-refractivity contribution < 1.29 is 19.3 Å². The van der Waals surface area contributed by atoms with Gasteiger partial charge in [-0.3, -0.25) is 9.80 Å². The molecule has 228 valence electrons. The molecule has 0 bridgehead atoms. The fourth-order valence-electron chi connectivity index (χ4n) is 5.10. The van der Waals surface area contributed by atoms with Crippen LogP contribution in [0.15, 0.2) is 42.9 Å². The van der Waals surface area contributed by atoms with E-state index in [1.165, 1.54) is 19.2 Å². The average Bonchev–Trinajstić information content (AvgIpc) is 3.73. The monoisotopic (exact) mass is 588 g/mol. The first kappa shape index (κ1) is 29.2. The van der Waals surface area contributed by atoms with E-state index in [0.717, 1.165) is 54.9 Å². The summed E-state index contributed by atoms with van der Waals surface area (Å²) in [6.07, 6.45) is 4.83. The lowest BCUT2D eigenvalue weighted by Gasteiger charge is -2.38. The maximum atomic E-state index is 10.4. The lowest BCUT2D eigenvalue weighted by atomic mass is 10.1. The number of methoxy groups -OCH3 is 1. The van der Waals surface area contributed by atoms with E-state index in [1.807, 2.05) is 56.0 Å². The Hall–Kier alpha value is -3.84. The quantitative estimate of drug-likeness (QED) is 0.218. The van der Waals surface area contributed by atoms with Crippen molar-refractivity contribution in [1.82, 2.24) is 34.7 Å². The molecule has 12 heteroatoms. The molecule has 4 heterocycles. The third kappa shape index (κ3) is 7.39. The molecule has 1 unspecified atom stereocenters. The standard InChI is InChI=1S/C31H40N8O4/c1-31(2,3)43-30(40)39-13-11-38(12-14-39)17-21-9-10-32-25(15-21)37-29-35-23-8-7-22(16-24(23)36-29)26-27(41-4)28(34-19-33-26)42-18-20-5-6-20/h7-10,15-16,19-20,30,40H,5-6,11-14,17-18H2,1-4H3,(H2,32,35,36,37). The maximum Gasteiger partial charge on any atom is 0.260 e. The van der Waals surface area contributed by atoms with Gasteiger partial charge in [-0.05, 0) is 69.4 Å². The third-order valence-corrected chi connectivity index (χ3v) is 7.54. The summed E-state index contributed by atoms with van der Waals surface area (Å²) in [6.45, 7) is 10.4. The normalized spacial score (nSPS) is 17.2. The number of piperazine rings is 1. The highest BCUT2D eigenvalue weighted by Crippen LogP contribution is 2.37. The number of benzene rings is 1. The first-order chi connectivity index (χ1) is 20.7. The minimum atomic E-state index is -0.884. The number of hydrogen-bond donors (Lipinski definition) is 3. The molecule has 1 saturated carbocycles. The smallest absolute Gasteiger partial charge is 0.260 e. The fourth-order valence-corrected chi connectivity index (χ4v) is 5.10. The molecular weight excluding hydrogens is 548 g/mol. The number of fused-ring (bicyclic) bond motifs is 1. The van der Waals surface area contributed by atoms with Crippen LogP contribution < -0.4 is 14.8 Å². The average molecular weight is 589 g/mol. The summed E-state index contributed by atoms with van der Waals surface area (Å²) in [5.74, 6) is 2.90. The van der Waals surface area contributed by atoms with Crippen LogP contribution in [0.1, 0.15) is 39.2 Å². The fraction of sp³-hybridized carbons (Fsp3) is 0.484. The van der Waals surface area contributed by atoms with Gasteiger partial charge in [-0.1, -0.05) is 6.07 Å². The number of imidazole rings is 1. The number of aromatic amines is 1. The highest BCUT2D eigenvalue weighted by Gasteiger charge is 2.27. The summed E-state index contributed by atoms with van der Waals surface area (Å²) < 4.78 is 17.3. The van der Waals surface area contributed by atoms with Gasteiger partial charge in [-0.15, -0.1) is 0 Å². The summed E-state index contributed by atoms with van der Waals surface area (Å²) in [5.41, 5.74) is 3.96. The Morgan fingerprint density at radius 3 is 2.63 bits per heavy atom. The zero-order valence-electron chi connectivity index (χ0n) is 25.2. The van der Waals surface area contributed by atoms with E-state index in [0.29, 0.717) is 41.6 Å². The SMILES string of the molecule is COc1c(OCC2CC2)ncnc1-c1ccc2nc(Nc3cc(CN4CCN(C(O)OC(C)(C)C)CC4)ccn3)[nH]c2c1. The van der Waals surface area contributed by atoms with Gasteiger partial charge in [0.25, 0.3) is 5.88 Å². The Morgan fingerprint density at radius 1 is 1.07 bits per heavy atom. The first-order valence-corrected chi connectivity index (χ1v) is 14.8. The van der Waals surface area contributed by atoms with Gasteiger partial charge in [0.05, 0.1) is 30.4 Å². The molecule has 4 aromatic rings. The van der Waals surface area contributed by atoms with E-state index in [-0.39, 0.29) is 0 Å². The summed E-state index contributed by atoms with van der Waals surface area (Å²) in [6, 6.07) is 9.98. The second kappa shape index (κ2) is 12.4. The van der Waals surface area contributed by atoms with Crippen molar-refractivity contribution >= 4 is 22.8 Å². The topological polar surface area (TPSA) is 134 Å². The lowest BCUT2D eigenvalue weighted by Crippen LogP contribution is -2.52. The highest BCUT2D eigenvalue weighted by atomic mass is 16.6. The highest BCUT2D eigenvalue weighted by molar-refractivity contribution is 5.84. The van der Waals surface area contributed by atoms with Crippen molar-refractivity contribution in [3.05, 3.63) is 48.4 Å². The second-order valence-electron chi connectivity index (χ2n) is 12.2. The van der Waals surface area contributed by atoms with Gasteiger partial charge in [0, 0.05) is 44.5 Å². The maximum absolute atomic E-state index is 10.4. The van der Waals surface area contributed by atoms with Crippen LogP contribution in [-0.2, 0) is 11.3 Å². The second-order valence-corrected chi connectivity index (χ2v) is 12.2. The van der Waals surface area contributed by atoms with Gasteiger partial charge < -0.3 is 29.6 Å². The van der Waals surface area contributed by atoms with Crippen LogP contribution in [0.4, 0.5) is 11.8 Å². The molecule has 1 saturated heterocycles. The molecule has 2 fully saturated rings. The lowest BCUT2D eigenvalue weighted by molar-refractivity contribution is -0.244. The summed E-state index contributed by atoms with van der Waals surface area (Å²) in [4.78, 5) is 25.7. The number of aliphatic hydroxyl groups excluding tert-OH is 1. The number of H-pyrrole nitrogens is 1. The van der Waals surface area contributed by atoms with E-state index in [1.54, 1.807) is 13.3 Å². The molecule has 3 aromatic heterocycles. The van der Waals surface area contributed by atoms with E-state index < -0.39 is 12.0 Å². The van der Waals surface area contributed by atoms with Crippen LogP contribution in [0, 0.1) is 5.92 Å². The van der Waals surface area contributed by atoms with Crippen molar-refractivity contribution in [3.63, 3.8) is 0 Å². The molecule has 2 aliphatic rings. The molecule has 1 aliphatic heterocycles. The summed E-state index contributed by atoms with van der Waals surface area (Å²) in [7, 11) is 1.61. The number of ether oxygens (including phenoxy) is 3. The number of anilines is 2. The molecule has 1 atom stereocenters. The van der Waals surface area contributed by atoms with Gasteiger partial charge in [0.1, 0.15) is 17.8 Å². The van der Waals surface area contributed by atoms with E-state index in [4.69, 9.17) is 19.2 Å². The largest absolute Gasteiger partial charge is 0.490 e. The Labute approximate surface area is 251 Å². The number of nitrogens with one attached hydrogen (secondary N) is 2. The summed E-state index contributed by atoms with van der Waals surface area (Å²) >= 11 is 0. The van der Waals surface area contributed by atoms with Crippen molar-refractivity contribution in [2.24, 2.45) is 5.92 Å². The van der Waals surface area contributed by atoms with Crippen LogP contribution in [0.3, 0.4) is 0 Å². The van der Waals surface area contributed by atoms with Crippen molar-refractivity contribution in [2.75, 3.05) is 45.2 Å².